The fourth-order valence-corrected chi connectivity index (χ4v) is 2.39. The third kappa shape index (κ3) is 3.39. The first-order valence-corrected chi connectivity index (χ1v) is 6.76. The van der Waals surface area contributed by atoms with Crippen molar-refractivity contribution in [3.05, 3.63) is 63.6 Å². The van der Waals surface area contributed by atoms with E-state index in [1.165, 1.54) is 6.07 Å². The second-order valence-corrected chi connectivity index (χ2v) is 5.84. The smallest absolute Gasteiger partial charge is 0.126 e. The van der Waals surface area contributed by atoms with Crippen molar-refractivity contribution in [2.45, 2.75) is 25.9 Å². The number of benzene rings is 1. The second kappa shape index (κ2) is 5.39. The highest BCUT2D eigenvalue weighted by atomic mass is 79.9. The number of halogens is 2. The van der Waals surface area contributed by atoms with Crippen LogP contribution in [0.1, 0.15) is 23.6 Å². The number of aliphatic hydroxyl groups is 1. The Labute approximate surface area is 120 Å². The normalized spacial score (nSPS) is 14.2. The van der Waals surface area contributed by atoms with Crippen LogP contribution in [0.4, 0.5) is 4.39 Å². The van der Waals surface area contributed by atoms with Gasteiger partial charge in [0.15, 0.2) is 0 Å². The van der Waals surface area contributed by atoms with E-state index in [-0.39, 0.29) is 5.82 Å². The monoisotopic (exact) mass is 323 g/mol. The molecular formula is C15H15BrFNO. The quantitative estimate of drug-likeness (QED) is 0.933. The van der Waals surface area contributed by atoms with E-state index in [0.717, 1.165) is 10.0 Å². The largest absolute Gasteiger partial charge is 0.385 e. The summed E-state index contributed by atoms with van der Waals surface area (Å²) < 4.78 is 14.4. The molecule has 2 nitrogen and oxygen atoms in total. The van der Waals surface area contributed by atoms with E-state index >= 15 is 0 Å². The Balaban J connectivity index is 2.29. The van der Waals surface area contributed by atoms with Gasteiger partial charge in [0.1, 0.15) is 5.82 Å². The molecule has 0 spiro atoms. The minimum absolute atomic E-state index is 0.301. The van der Waals surface area contributed by atoms with Gasteiger partial charge in [-0.2, -0.15) is 0 Å². The Hall–Kier alpha value is -1.26. The average Bonchev–Trinajstić information content (AvgIpc) is 2.32. The van der Waals surface area contributed by atoms with Crippen molar-refractivity contribution in [1.82, 2.24) is 4.98 Å². The zero-order chi connectivity index (χ0) is 14.0. The highest BCUT2D eigenvalue weighted by Gasteiger charge is 2.24. The number of hydrogen-bond acceptors (Lipinski definition) is 2. The maximum Gasteiger partial charge on any atom is 0.126 e. The van der Waals surface area contributed by atoms with E-state index in [0.29, 0.717) is 17.5 Å². The van der Waals surface area contributed by atoms with Crippen molar-refractivity contribution in [2.24, 2.45) is 0 Å². The predicted octanol–water partition coefficient (Wildman–Crippen LogP) is 3.74. The Morgan fingerprint density at radius 3 is 2.68 bits per heavy atom. The lowest BCUT2D eigenvalue weighted by Gasteiger charge is -2.24. The third-order valence-corrected chi connectivity index (χ3v) is 3.54. The molecule has 1 aromatic carbocycles. The van der Waals surface area contributed by atoms with E-state index in [4.69, 9.17) is 0 Å². The molecule has 0 saturated carbocycles. The van der Waals surface area contributed by atoms with Crippen LogP contribution in [0.3, 0.4) is 0 Å². The highest BCUT2D eigenvalue weighted by molar-refractivity contribution is 9.10. The highest BCUT2D eigenvalue weighted by Crippen LogP contribution is 2.27. The van der Waals surface area contributed by atoms with Gasteiger partial charge < -0.3 is 5.11 Å². The van der Waals surface area contributed by atoms with Crippen molar-refractivity contribution in [3.8, 4) is 0 Å². The molecule has 0 saturated heterocycles. The van der Waals surface area contributed by atoms with Crippen LogP contribution in [-0.4, -0.2) is 10.1 Å². The molecular weight excluding hydrogens is 309 g/mol. The number of rotatable bonds is 3. The summed E-state index contributed by atoms with van der Waals surface area (Å²) in [6, 6.07) is 6.72. The number of hydrogen-bond donors (Lipinski definition) is 1. The molecule has 1 N–H and O–H groups in total. The lowest BCUT2D eigenvalue weighted by Crippen LogP contribution is -2.24. The summed E-state index contributed by atoms with van der Waals surface area (Å²) in [6.07, 6.45) is 3.76. The van der Waals surface area contributed by atoms with Crippen molar-refractivity contribution in [1.29, 1.82) is 0 Å². The fourth-order valence-electron chi connectivity index (χ4n) is 1.98. The molecule has 0 aliphatic heterocycles. The van der Waals surface area contributed by atoms with Crippen LogP contribution in [0.25, 0.3) is 0 Å². The number of nitrogens with zero attached hydrogens (tertiary/aromatic N) is 1. The number of pyridine rings is 1. The van der Waals surface area contributed by atoms with Crippen molar-refractivity contribution >= 4 is 15.9 Å². The van der Waals surface area contributed by atoms with Crippen LogP contribution in [0.5, 0.6) is 0 Å². The van der Waals surface area contributed by atoms with Gasteiger partial charge in [0.25, 0.3) is 0 Å². The summed E-state index contributed by atoms with van der Waals surface area (Å²) in [5.74, 6) is -0.301. The zero-order valence-electron chi connectivity index (χ0n) is 10.8. The number of aromatic nitrogens is 1. The Bertz CT molecular complexity index is 598. The van der Waals surface area contributed by atoms with Gasteiger partial charge in [-0.05, 0) is 58.6 Å². The second-order valence-electron chi connectivity index (χ2n) is 4.93. The van der Waals surface area contributed by atoms with Crippen molar-refractivity contribution in [2.75, 3.05) is 0 Å². The van der Waals surface area contributed by atoms with Gasteiger partial charge in [-0.25, -0.2) is 4.39 Å². The molecule has 100 valence electrons. The minimum Gasteiger partial charge on any atom is -0.385 e. The van der Waals surface area contributed by atoms with Crippen molar-refractivity contribution in [3.63, 3.8) is 0 Å². The summed E-state index contributed by atoms with van der Waals surface area (Å²) in [5, 5.41) is 10.5. The Morgan fingerprint density at radius 2 is 2.05 bits per heavy atom. The summed E-state index contributed by atoms with van der Waals surface area (Å²) in [7, 11) is 0. The molecule has 1 aromatic heterocycles. The Morgan fingerprint density at radius 1 is 1.32 bits per heavy atom. The first kappa shape index (κ1) is 14.2. The van der Waals surface area contributed by atoms with Gasteiger partial charge in [0, 0.05) is 23.3 Å². The van der Waals surface area contributed by atoms with Crippen LogP contribution in [0, 0.1) is 12.7 Å². The third-order valence-electron chi connectivity index (χ3n) is 3.10. The van der Waals surface area contributed by atoms with Gasteiger partial charge in [-0.3, -0.25) is 4.98 Å². The van der Waals surface area contributed by atoms with E-state index in [2.05, 4.69) is 20.9 Å². The molecule has 0 amide bonds. The lowest BCUT2D eigenvalue weighted by atomic mass is 9.89. The van der Waals surface area contributed by atoms with Crippen LogP contribution >= 0.6 is 15.9 Å². The van der Waals surface area contributed by atoms with Crippen molar-refractivity contribution < 1.29 is 9.50 Å². The van der Waals surface area contributed by atoms with E-state index in [9.17, 15) is 9.50 Å². The summed E-state index contributed by atoms with van der Waals surface area (Å²) in [6.45, 7) is 3.38. The van der Waals surface area contributed by atoms with E-state index < -0.39 is 5.60 Å². The van der Waals surface area contributed by atoms with Crippen LogP contribution in [0.2, 0.25) is 0 Å². The van der Waals surface area contributed by atoms with Gasteiger partial charge in [0.05, 0.1) is 5.60 Å². The molecule has 0 aliphatic rings. The molecule has 1 unspecified atom stereocenters. The van der Waals surface area contributed by atoms with Gasteiger partial charge in [-0.1, -0.05) is 12.1 Å². The molecule has 1 atom stereocenters. The standard InChI is InChI=1S/C15H15BrFNO/c1-10-3-4-12(6-14(10)17)15(2,19)7-11-5-13(16)9-18-8-11/h3-6,8-9,19H,7H2,1-2H3. The maximum absolute atomic E-state index is 13.6. The summed E-state index contributed by atoms with van der Waals surface area (Å²) in [4.78, 5) is 4.06. The topological polar surface area (TPSA) is 33.1 Å². The molecule has 0 radical (unpaired) electrons. The van der Waals surface area contributed by atoms with E-state index in [1.807, 2.05) is 6.07 Å². The fraction of sp³-hybridized carbons (Fsp3) is 0.267. The lowest BCUT2D eigenvalue weighted by molar-refractivity contribution is 0.0572. The predicted molar refractivity (Wildman–Crippen MR) is 76.3 cm³/mol. The molecule has 0 fully saturated rings. The molecule has 2 rings (SSSR count). The average molecular weight is 324 g/mol. The Kier molecular flexibility index (Phi) is 4.02. The molecule has 0 bridgehead atoms. The van der Waals surface area contributed by atoms with Crippen LogP contribution < -0.4 is 0 Å². The van der Waals surface area contributed by atoms with E-state index in [1.54, 1.807) is 38.4 Å². The first-order valence-electron chi connectivity index (χ1n) is 5.97. The first-order chi connectivity index (χ1) is 8.88. The number of aryl methyl sites for hydroxylation is 1. The summed E-state index contributed by atoms with van der Waals surface area (Å²) in [5.41, 5.74) is 0.899. The van der Waals surface area contributed by atoms with Crippen LogP contribution in [0.15, 0.2) is 41.1 Å². The maximum atomic E-state index is 13.6. The molecule has 2 aromatic rings. The minimum atomic E-state index is -1.13. The molecule has 0 aliphatic carbocycles. The van der Waals surface area contributed by atoms with Gasteiger partial charge >= 0.3 is 0 Å². The molecule has 4 heteroatoms. The van der Waals surface area contributed by atoms with Gasteiger partial charge in [0.2, 0.25) is 0 Å². The SMILES string of the molecule is Cc1ccc(C(C)(O)Cc2cncc(Br)c2)cc1F. The molecule has 1 heterocycles. The zero-order valence-corrected chi connectivity index (χ0v) is 12.4. The molecule has 19 heavy (non-hydrogen) atoms. The van der Waals surface area contributed by atoms with Gasteiger partial charge in [-0.15, -0.1) is 0 Å². The van der Waals surface area contributed by atoms with Crippen LogP contribution in [-0.2, 0) is 12.0 Å². The summed E-state index contributed by atoms with van der Waals surface area (Å²) >= 11 is 3.34.